The molecule has 0 aliphatic heterocycles. The molecule has 0 spiro atoms. The number of rotatable bonds is 3. The lowest BCUT2D eigenvalue weighted by atomic mass is 10.4. The molecule has 0 bridgehead atoms. The van der Waals surface area contributed by atoms with Gasteiger partial charge in [0.1, 0.15) is 5.71 Å². The quantitative estimate of drug-likeness (QED) is 0.170. The molecule has 14 heavy (non-hydrogen) atoms. The van der Waals surface area contributed by atoms with E-state index in [1.807, 2.05) is 0 Å². The van der Waals surface area contributed by atoms with Crippen LogP contribution in [-0.4, -0.2) is 21.8 Å². The van der Waals surface area contributed by atoms with Gasteiger partial charge in [-0.3, -0.25) is 10.9 Å². The Morgan fingerprint density at radius 2 is 1.43 bits per heavy atom. The zero-order valence-electron chi connectivity index (χ0n) is 7.44. The van der Waals surface area contributed by atoms with Crippen molar-refractivity contribution < 1.29 is 0 Å². The Morgan fingerprint density at radius 3 is 1.86 bits per heavy atom. The lowest BCUT2D eigenvalue weighted by molar-refractivity contribution is 1.01. The van der Waals surface area contributed by atoms with Crippen molar-refractivity contribution in [1.82, 2.24) is 10.9 Å². The Morgan fingerprint density at radius 1 is 1.00 bits per heavy atom. The zero-order chi connectivity index (χ0) is 11.1. The molecule has 0 unspecified atom stereocenters. The van der Waals surface area contributed by atoms with E-state index in [0.717, 1.165) is 0 Å². The second kappa shape index (κ2) is 6.05. The summed E-state index contributed by atoms with van der Waals surface area (Å²) in [5, 5.41) is 7.40. The summed E-state index contributed by atoms with van der Waals surface area (Å²) in [5.41, 5.74) is 20.8. The third kappa shape index (κ3) is 6.08. The largest absolute Gasteiger partial charge is 0.381 e. The summed E-state index contributed by atoms with van der Waals surface area (Å²) in [6.07, 6.45) is 0. The van der Waals surface area contributed by atoms with Crippen molar-refractivity contribution in [1.29, 1.82) is 0 Å². The van der Waals surface area contributed by atoms with E-state index in [1.54, 1.807) is 6.92 Å². The van der Waals surface area contributed by atoms with Gasteiger partial charge in [0.2, 0.25) is 0 Å². The van der Waals surface area contributed by atoms with E-state index >= 15 is 0 Å². The second-order valence-electron chi connectivity index (χ2n) is 2.15. The molecule has 0 saturated carbocycles. The van der Waals surface area contributed by atoms with Gasteiger partial charge >= 0.3 is 0 Å². The first kappa shape index (κ1) is 12.5. The molecule has 0 atom stereocenters. The van der Waals surface area contributed by atoms with Crippen LogP contribution >= 0.6 is 24.4 Å². The molecule has 0 aromatic carbocycles. The molecule has 0 fully saturated rings. The van der Waals surface area contributed by atoms with Crippen molar-refractivity contribution in [2.45, 2.75) is 6.92 Å². The van der Waals surface area contributed by atoms with Crippen molar-refractivity contribution in [3.63, 3.8) is 0 Å². The van der Waals surface area contributed by atoms with Gasteiger partial charge in [-0.05, 0) is 31.4 Å². The summed E-state index contributed by atoms with van der Waals surface area (Å²) in [6.45, 7) is 1.62. The van der Waals surface area contributed by atoms with Crippen LogP contribution in [0.25, 0.3) is 0 Å². The van der Waals surface area contributed by atoms with Gasteiger partial charge in [-0.25, -0.2) is 0 Å². The minimum absolute atomic E-state index is 0.0167. The first-order valence-corrected chi connectivity index (χ1v) is 4.24. The van der Waals surface area contributed by atoms with Crippen LogP contribution in [-0.2, 0) is 0 Å². The Hall–Kier alpha value is -1.48. The molecule has 0 amide bonds. The molecule has 0 aliphatic carbocycles. The molecule has 0 aliphatic rings. The summed E-state index contributed by atoms with van der Waals surface area (Å²) in [4.78, 5) is 0. The zero-order valence-corrected chi connectivity index (χ0v) is 9.08. The molecule has 0 aromatic heterocycles. The van der Waals surface area contributed by atoms with Crippen LogP contribution in [0, 0.1) is 0 Å². The van der Waals surface area contributed by atoms with Gasteiger partial charge in [-0.2, -0.15) is 10.2 Å². The maximum absolute atomic E-state index is 5.47. The van der Waals surface area contributed by atoms with Gasteiger partial charge in [0.05, 0.1) is 0 Å². The van der Waals surface area contributed by atoms with E-state index in [9.17, 15) is 0 Å². The Balaban J connectivity index is 4.29. The molecule has 0 radical (unpaired) electrons. The van der Waals surface area contributed by atoms with Crippen molar-refractivity contribution in [3.8, 4) is 0 Å². The molecule has 8 N–H and O–H groups in total. The van der Waals surface area contributed by atoms with E-state index in [4.69, 9.17) is 17.2 Å². The smallest absolute Gasteiger partial charge is 0.184 e. The van der Waals surface area contributed by atoms with Crippen molar-refractivity contribution in [3.05, 3.63) is 0 Å². The average molecular weight is 233 g/mol. The van der Waals surface area contributed by atoms with E-state index in [0.29, 0.717) is 5.71 Å². The van der Waals surface area contributed by atoms with Crippen LogP contribution in [0.3, 0.4) is 0 Å². The predicted molar refractivity (Wildman–Crippen MR) is 64.6 cm³/mol. The lowest BCUT2D eigenvalue weighted by Gasteiger charge is -2.01. The number of nitrogens with one attached hydrogen (secondary N) is 2. The van der Waals surface area contributed by atoms with Crippen LogP contribution in [0.1, 0.15) is 6.92 Å². The Bertz CT molecular complexity index is 264. The van der Waals surface area contributed by atoms with E-state index < -0.39 is 0 Å². The lowest BCUT2D eigenvalue weighted by Crippen LogP contribution is -2.33. The first-order valence-electron chi connectivity index (χ1n) is 3.42. The van der Waals surface area contributed by atoms with E-state index in [1.165, 1.54) is 0 Å². The Labute approximate surface area is 91.8 Å². The topological polar surface area (TPSA) is 127 Å². The van der Waals surface area contributed by atoms with Crippen LogP contribution in [0.2, 0.25) is 0 Å². The summed E-state index contributed by atoms with van der Waals surface area (Å²) in [5.74, 6) is 0.126. The minimum Gasteiger partial charge on any atom is -0.381 e. The normalized spacial score (nSPS) is 12.1. The van der Waals surface area contributed by atoms with Crippen molar-refractivity contribution >= 4 is 46.2 Å². The van der Waals surface area contributed by atoms with E-state index in [2.05, 4.69) is 45.5 Å². The number of hydrogen-bond acceptors (Lipinski definition) is 4. The molecule has 0 aromatic rings. The summed E-state index contributed by atoms with van der Waals surface area (Å²) < 4.78 is 0. The first-order chi connectivity index (χ1) is 6.43. The van der Waals surface area contributed by atoms with Crippen molar-refractivity contribution in [2.75, 3.05) is 0 Å². The fourth-order valence-electron chi connectivity index (χ4n) is 0.392. The van der Waals surface area contributed by atoms with Gasteiger partial charge in [-0.15, -0.1) is 0 Å². The summed E-state index contributed by atoms with van der Waals surface area (Å²) >= 11 is 9.04. The van der Waals surface area contributed by atoms with Gasteiger partial charge in [0.15, 0.2) is 16.1 Å². The molecule has 78 valence electrons. The molecule has 0 saturated heterocycles. The number of thiocarbonyl (C=S) groups is 2. The molecule has 9 heteroatoms. The highest BCUT2D eigenvalue weighted by molar-refractivity contribution is 7.80. The number of nitrogens with two attached hydrogens (primary N) is 3. The summed E-state index contributed by atoms with van der Waals surface area (Å²) in [7, 11) is 0. The average Bonchev–Trinajstić information content (AvgIpc) is 2.09. The standard InChI is InChI=1S/C5H11N7S2/c1-2(9-11-4(7)13)3(6)10-12-5(8)14/h1H3,(H2,6,10)(H3,7,11,13)(H3,8,12,14)/b9-2+. The molecule has 0 heterocycles. The van der Waals surface area contributed by atoms with Gasteiger partial charge in [-0.1, -0.05) is 0 Å². The Kier molecular flexibility index (Phi) is 5.41. The predicted octanol–water partition coefficient (Wildman–Crippen LogP) is -1.70. The highest BCUT2D eigenvalue weighted by Crippen LogP contribution is 1.76. The molecule has 7 nitrogen and oxygen atoms in total. The van der Waals surface area contributed by atoms with Gasteiger partial charge in [0.25, 0.3) is 0 Å². The van der Waals surface area contributed by atoms with E-state index in [-0.39, 0.29) is 16.1 Å². The van der Waals surface area contributed by atoms with Gasteiger partial charge < -0.3 is 17.2 Å². The highest BCUT2D eigenvalue weighted by Gasteiger charge is 1.97. The van der Waals surface area contributed by atoms with Crippen LogP contribution in [0.4, 0.5) is 0 Å². The molecular formula is C5H11N7S2. The van der Waals surface area contributed by atoms with Crippen LogP contribution in [0.15, 0.2) is 10.2 Å². The molecular weight excluding hydrogens is 222 g/mol. The van der Waals surface area contributed by atoms with Crippen molar-refractivity contribution in [2.24, 2.45) is 27.4 Å². The fourth-order valence-corrected chi connectivity index (χ4v) is 0.484. The number of hydrogen-bond donors (Lipinski definition) is 5. The fraction of sp³-hybridized carbons (Fsp3) is 0.200. The number of hydrazone groups is 2. The maximum atomic E-state index is 5.47. The van der Waals surface area contributed by atoms with Crippen LogP contribution in [0.5, 0.6) is 0 Å². The number of amidine groups is 1. The van der Waals surface area contributed by atoms with Gasteiger partial charge in [0, 0.05) is 0 Å². The summed E-state index contributed by atoms with van der Waals surface area (Å²) in [6, 6.07) is 0. The minimum atomic E-state index is 0.0167. The third-order valence-corrected chi connectivity index (χ3v) is 1.17. The second-order valence-corrected chi connectivity index (χ2v) is 3.03. The SMILES string of the molecule is CC(=N\NC(N)=S)/C(N)=N/NC(N)=S. The highest BCUT2D eigenvalue weighted by atomic mass is 32.1. The number of nitrogens with zero attached hydrogens (tertiary/aromatic N) is 2. The molecule has 0 rings (SSSR count). The monoisotopic (exact) mass is 233 g/mol. The van der Waals surface area contributed by atoms with Crippen LogP contribution < -0.4 is 28.1 Å². The maximum Gasteiger partial charge on any atom is 0.184 e. The third-order valence-electron chi connectivity index (χ3n) is 0.991.